The van der Waals surface area contributed by atoms with Gasteiger partial charge in [-0.1, -0.05) is 13.8 Å². The maximum atomic E-state index is 12.1. The summed E-state index contributed by atoms with van der Waals surface area (Å²) in [7, 11) is 0. The Labute approximate surface area is 156 Å². The molecule has 26 heavy (non-hydrogen) atoms. The van der Waals surface area contributed by atoms with Crippen molar-refractivity contribution in [3.8, 4) is 0 Å². The standard InChI is InChI=1S/C15H28N4O6S/c1-8(2)12(16)14(23)17-6-11(21)18-10(7-20)13(22)19-9(15(24)25)4-5-26-3/h8-10,12,20H,4-7,16H2,1-3H3,(H,17,23)(H,18,21)(H,19,22)(H,24,25). The molecule has 0 aromatic carbocycles. The molecule has 0 heterocycles. The molecule has 0 fully saturated rings. The van der Waals surface area contributed by atoms with E-state index in [1.54, 1.807) is 20.1 Å². The van der Waals surface area contributed by atoms with Crippen molar-refractivity contribution in [1.29, 1.82) is 0 Å². The van der Waals surface area contributed by atoms with E-state index in [-0.39, 0.29) is 12.3 Å². The summed E-state index contributed by atoms with van der Waals surface area (Å²) < 4.78 is 0. The average Bonchev–Trinajstić information content (AvgIpc) is 2.59. The molecule has 0 aromatic rings. The maximum absolute atomic E-state index is 12.1. The zero-order valence-electron chi connectivity index (χ0n) is 15.2. The number of amides is 3. The van der Waals surface area contributed by atoms with Crippen molar-refractivity contribution < 1.29 is 29.4 Å². The number of aliphatic hydroxyl groups excluding tert-OH is 1. The number of nitrogens with two attached hydrogens (primary N) is 1. The molecule has 3 atom stereocenters. The second kappa shape index (κ2) is 12.5. The molecule has 0 aromatic heterocycles. The molecule has 0 spiro atoms. The number of hydrogen-bond donors (Lipinski definition) is 6. The van der Waals surface area contributed by atoms with Crippen LogP contribution < -0.4 is 21.7 Å². The van der Waals surface area contributed by atoms with Crippen LogP contribution in [0.4, 0.5) is 0 Å². The molecule has 11 heteroatoms. The van der Waals surface area contributed by atoms with Crippen LogP contribution in [0.3, 0.4) is 0 Å². The molecule has 10 nitrogen and oxygen atoms in total. The number of carbonyl (C=O) groups excluding carboxylic acids is 3. The normalized spacial score (nSPS) is 14.2. The van der Waals surface area contributed by atoms with Crippen LogP contribution in [0.5, 0.6) is 0 Å². The minimum atomic E-state index is -1.32. The monoisotopic (exact) mass is 392 g/mol. The third-order valence-corrected chi connectivity index (χ3v) is 4.15. The number of hydrogen-bond acceptors (Lipinski definition) is 7. The van der Waals surface area contributed by atoms with Gasteiger partial charge in [0.1, 0.15) is 12.1 Å². The highest BCUT2D eigenvalue weighted by Gasteiger charge is 2.26. The molecule has 0 saturated carbocycles. The molecule has 0 radical (unpaired) electrons. The Kier molecular flexibility index (Phi) is 11.6. The summed E-state index contributed by atoms with van der Waals surface area (Å²) in [6, 6.07) is -3.22. The Morgan fingerprint density at radius 2 is 1.69 bits per heavy atom. The van der Waals surface area contributed by atoms with Crippen LogP contribution in [0, 0.1) is 5.92 Å². The summed E-state index contributed by atoms with van der Waals surface area (Å²) >= 11 is 1.43. The SMILES string of the molecule is CSCCC(NC(=O)C(CO)NC(=O)CNC(=O)C(N)C(C)C)C(=O)O. The van der Waals surface area contributed by atoms with Gasteiger partial charge < -0.3 is 31.9 Å². The first-order valence-electron chi connectivity index (χ1n) is 8.09. The molecular weight excluding hydrogens is 364 g/mol. The Bertz CT molecular complexity index is 503. The largest absolute Gasteiger partial charge is 0.480 e. The number of carboxylic acid groups (broad SMARTS) is 1. The van der Waals surface area contributed by atoms with E-state index in [2.05, 4.69) is 16.0 Å². The lowest BCUT2D eigenvalue weighted by Crippen LogP contribution is -2.55. The minimum Gasteiger partial charge on any atom is -0.480 e. The van der Waals surface area contributed by atoms with Crippen LogP contribution in [0.15, 0.2) is 0 Å². The van der Waals surface area contributed by atoms with Crippen LogP contribution in [-0.4, -0.2) is 77.2 Å². The van der Waals surface area contributed by atoms with Crippen molar-refractivity contribution in [2.45, 2.75) is 38.4 Å². The molecule has 7 N–H and O–H groups in total. The van der Waals surface area contributed by atoms with E-state index < -0.39 is 55.0 Å². The van der Waals surface area contributed by atoms with Crippen molar-refractivity contribution in [1.82, 2.24) is 16.0 Å². The molecule has 0 aliphatic heterocycles. The number of carboxylic acids is 1. The topological polar surface area (TPSA) is 171 Å². The second-order valence-electron chi connectivity index (χ2n) is 5.97. The Hall–Kier alpha value is -1.85. The fraction of sp³-hybridized carbons (Fsp3) is 0.733. The van der Waals surface area contributed by atoms with Crippen LogP contribution >= 0.6 is 11.8 Å². The Morgan fingerprint density at radius 3 is 2.15 bits per heavy atom. The van der Waals surface area contributed by atoms with E-state index in [1.807, 2.05) is 0 Å². The minimum absolute atomic E-state index is 0.108. The molecule has 0 bridgehead atoms. The van der Waals surface area contributed by atoms with E-state index in [1.165, 1.54) is 11.8 Å². The Balaban J connectivity index is 4.58. The van der Waals surface area contributed by atoms with Crippen LogP contribution in [0.1, 0.15) is 20.3 Å². The summed E-state index contributed by atoms with van der Waals surface area (Å²) in [4.78, 5) is 46.7. The molecule has 3 unspecified atom stereocenters. The van der Waals surface area contributed by atoms with Crippen LogP contribution in [-0.2, 0) is 19.2 Å². The predicted molar refractivity (Wildman–Crippen MR) is 97.4 cm³/mol. The second-order valence-corrected chi connectivity index (χ2v) is 6.96. The molecule has 3 amide bonds. The van der Waals surface area contributed by atoms with E-state index in [0.29, 0.717) is 5.75 Å². The highest BCUT2D eigenvalue weighted by molar-refractivity contribution is 7.98. The van der Waals surface area contributed by atoms with Gasteiger partial charge in [0.2, 0.25) is 17.7 Å². The number of thioether (sulfide) groups is 1. The van der Waals surface area contributed by atoms with Crippen molar-refractivity contribution in [2.75, 3.05) is 25.2 Å². The maximum Gasteiger partial charge on any atom is 0.326 e. The van der Waals surface area contributed by atoms with Crippen LogP contribution in [0.25, 0.3) is 0 Å². The van der Waals surface area contributed by atoms with Crippen molar-refractivity contribution >= 4 is 35.5 Å². The third kappa shape index (κ3) is 9.02. The van der Waals surface area contributed by atoms with Gasteiger partial charge in [-0.25, -0.2) is 4.79 Å². The zero-order chi connectivity index (χ0) is 20.3. The van der Waals surface area contributed by atoms with Gasteiger partial charge in [-0.2, -0.15) is 11.8 Å². The van der Waals surface area contributed by atoms with E-state index >= 15 is 0 Å². The molecule has 150 valence electrons. The lowest BCUT2D eigenvalue weighted by molar-refractivity contribution is -0.142. The first-order valence-corrected chi connectivity index (χ1v) is 9.49. The molecule has 0 aliphatic carbocycles. The van der Waals surface area contributed by atoms with E-state index in [9.17, 15) is 24.3 Å². The smallest absolute Gasteiger partial charge is 0.326 e. The summed E-state index contributed by atoms with van der Waals surface area (Å²) in [6.45, 7) is 2.38. The number of rotatable bonds is 12. The lowest BCUT2D eigenvalue weighted by Gasteiger charge is -2.20. The summed E-state index contributed by atoms with van der Waals surface area (Å²) in [5, 5.41) is 25.2. The fourth-order valence-electron chi connectivity index (χ4n) is 1.79. The van der Waals surface area contributed by atoms with Gasteiger partial charge >= 0.3 is 5.97 Å². The highest BCUT2D eigenvalue weighted by Crippen LogP contribution is 2.02. The van der Waals surface area contributed by atoms with Gasteiger partial charge in [0.25, 0.3) is 0 Å². The summed E-state index contributed by atoms with van der Waals surface area (Å²) in [6.07, 6.45) is 2.01. The van der Waals surface area contributed by atoms with Gasteiger partial charge in [0.05, 0.1) is 19.2 Å². The zero-order valence-corrected chi connectivity index (χ0v) is 16.0. The average molecular weight is 392 g/mol. The van der Waals surface area contributed by atoms with Crippen molar-refractivity contribution in [3.05, 3.63) is 0 Å². The van der Waals surface area contributed by atoms with Gasteiger partial charge in [-0.15, -0.1) is 0 Å². The molecule has 0 rings (SSSR count). The van der Waals surface area contributed by atoms with Crippen molar-refractivity contribution in [3.63, 3.8) is 0 Å². The quantitative estimate of drug-likeness (QED) is 0.219. The third-order valence-electron chi connectivity index (χ3n) is 3.50. The number of carbonyl (C=O) groups is 4. The number of nitrogens with one attached hydrogen (secondary N) is 3. The molecule has 0 saturated heterocycles. The van der Waals surface area contributed by atoms with Gasteiger partial charge in [-0.05, 0) is 24.3 Å². The molecule has 0 aliphatic rings. The van der Waals surface area contributed by atoms with Gasteiger partial charge in [-0.3, -0.25) is 14.4 Å². The number of aliphatic carboxylic acids is 1. The van der Waals surface area contributed by atoms with Crippen LogP contribution in [0.2, 0.25) is 0 Å². The fourth-order valence-corrected chi connectivity index (χ4v) is 2.26. The molecular formula is C15H28N4O6S. The predicted octanol–water partition coefficient (Wildman–Crippen LogP) is -2.11. The highest BCUT2D eigenvalue weighted by atomic mass is 32.2. The van der Waals surface area contributed by atoms with Gasteiger partial charge in [0.15, 0.2) is 0 Å². The summed E-state index contributed by atoms with van der Waals surface area (Å²) in [5.74, 6) is -2.83. The van der Waals surface area contributed by atoms with E-state index in [4.69, 9.17) is 10.8 Å². The van der Waals surface area contributed by atoms with E-state index in [0.717, 1.165) is 0 Å². The van der Waals surface area contributed by atoms with Gasteiger partial charge in [0, 0.05) is 0 Å². The first-order chi connectivity index (χ1) is 12.1. The Morgan fingerprint density at radius 1 is 1.08 bits per heavy atom. The number of aliphatic hydroxyl groups is 1. The lowest BCUT2D eigenvalue weighted by atomic mass is 10.1. The summed E-state index contributed by atoms with van der Waals surface area (Å²) in [5.41, 5.74) is 5.64. The van der Waals surface area contributed by atoms with Crippen molar-refractivity contribution in [2.24, 2.45) is 11.7 Å². The first kappa shape index (κ1) is 24.1.